The van der Waals surface area contributed by atoms with Gasteiger partial charge in [0.2, 0.25) is 5.91 Å². The summed E-state index contributed by atoms with van der Waals surface area (Å²) in [5.74, 6) is 0.135. The van der Waals surface area contributed by atoms with E-state index in [1.54, 1.807) is 50.3 Å². The number of halogens is 1. The summed E-state index contributed by atoms with van der Waals surface area (Å²) in [6, 6.07) is 11.3. The third-order valence-electron chi connectivity index (χ3n) is 4.07. The van der Waals surface area contributed by atoms with Gasteiger partial charge in [-0.2, -0.15) is 0 Å². The van der Waals surface area contributed by atoms with Crippen molar-refractivity contribution >= 4 is 11.6 Å². The van der Waals surface area contributed by atoms with E-state index in [0.717, 1.165) is 11.1 Å². The molecular formula is C25H34FNO4. The van der Waals surface area contributed by atoms with Gasteiger partial charge in [0.25, 0.3) is 0 Å². The predicted octanol–water partition coefficient (Wildman–Crippen LogP) is 5.41. The molecule has 2 N–H and O–H groups in total. The number of rotatable bonds is 10. The monoisotopic (exact) mass is 431 g/mol. The molecule has 0 bridgehead atoms. The molecule has 0 aliphatic heterocycles. The molecule has 6 heteroatoms. The molecule has 0 fully saturated rings. The molecule has 1 unspecified atom stereocenters. The molecule has 0 aliphatic carbocycles. The second kappa shape index (κ2) is 12.9. The summed E-state index contributed by atoms with van der Waals surface area (Å²) >= 11 is 0. The summed E-state index contributed by atoms with van der Waals surface area (Å²) in [7, 11) is 0. The van der Waals surface area contributed by atoms with Crippen molar-refractivity contribution < 1.29 is 23.8 Å². The number of nitrogens with one attached hydrogen (secondary N) is 1. The van der Waals surface area contributed by atoms with Crippen LogP contribution in [0.2, 0.25) is 0 Å². The zero-order valence-electron chi connectivity index (χ0n) is 19.1. The van der Waals surface area contributed by atoms with Crippen LogP contribution in [-0.4, -0.2) is 29.3 Å². The van der Waals surface area contributed by atoms with Crippen molar-refractivity contribution in [3.05, 3.63) is 72.1 Å². The van der Waals surface area contributed by atoms with Gasteiger partial charge in [-0.15, -0.1) is 6.58 Å². The zero-order chi connectivity index (χ0) is 23.4. The van der Waals surface area contributed by atoms with E-state index in [1.807, 2.05) is 20.8 Å². The highest BCUT2D eigenvalue weighted by atomic mass is 19.1. The Morgan fingerprint density at radius 2 is 1.87 bits per heavy atom. The first kappa shape index (κ1) is 26.3. The molecule has 0 aromatic heterocycles. The van der Waals surface area contributed by atoms with Gasteiger partial charge < -0.3 is 19.9 Å². The van der Waals surface area contributed by atoms with Gasteiger partial charge in [0.15, 0.2) is 0 Å². The number of benzene rings is 2. The van der Waals surface area contributed by atoms with E-state index in [-0.39, 0.29) is 31.4 Å². The summed E-state index contributed by atoms with van der Waals surface area (Å²) in [6.45, 7) is 13.4. The van der Waals surface area contributed by atoms with Gasteiger partial charge in [-0.1, -0.05) is 32.1 Å². The Kier molecular flexibility index (Phi) is 10.9. The minimum atomic E-state index is -0.924. The molecule has 1 atom stereocenters. The van der Waals surface area contributed by atoms with Crippen LogP contribution in [0.5, 0.6) is 5.75 Å². The SMILES string of the molecule is C=CC(CC(=O)Nc1ccc(OCC(C)(C)O)c(C)c1)OCc1ccc(F)cc1.CC. The van der Waals surface area contributed by atoms with Crippen LogP contribution in [0.1, 0.15) is 45.2 Å². The molecule has 0 heterocycles. The van der Waals surface area contributed by atoms with Gasteiger partial charge in [-0.25, -0.2) is 4.39 Å². The quantitative estimate of drug-likeness (QED) is 0.494. The first-order chi connectivity index (χ1) is 14.7. The average Bonchev–Trinajstić information content (AvgIpc) is 2.72. The van der Waals surface area contributed by atoms with Gasteiger partial charge >= 0.3 is 0 Å². The minimum absolute atomic E-state index is 0.112. The molecule has 170 valence electrons. The molecule has 0 aliphatic rings. The fraction of sp³-hybridized carbons (Fsp3) is 0.400. The van der Waals surface area contributed by atoms with Crippen LogP contribution in [-0.2, 0) is 16.1 Å². The molecular weight excluding hydrogens is 397 g/mol. The first-order valence-corrected chi connectivity index (χ1v) is 10.4. The summed E-state index contributed by atoms with van der Waals surface area (Å²) in [5, 5.41) is 12.6. The van der Waals surface area contributed by atoms with Crippen LogP contribution in [0.3, 0.4) is 0 Å². The molecule has 0 radical (unpaired) electrons. The van der Waals surface area contributed by atoms with E-state index in [1.165, 1.54) is 12.1 Å². The zero-order valence-corrected chi connectivity index (χ0v) is 19.1. The standard InChI is InChI=1S/C23H28FNO4.C2H6/c1-5-20(28-14-17-6-8-18(24)9-7-17)13-22(26)25-19-10-11-21(16(2)12-19)29-15-23(3,4)27;1-2/h5-12,20,27H,1,13-15H2,2-4H3,(H,25,26);1-2H3. The highest BCUT2D eigenvalue weighted by Crippen LogP contribution is 2.23. The van der Waals surface area contributed by atoms with E-state index in [2.05, 4.69) is 11.9 Å². The number of carbonyl (C=O) groups excluding carboxylic acids is 1. The molecule has 0 saturated carbocycles. The van der Waals surface area contributed by atoms with Crippen molar-refractivity contribution in [1.29, 1.82) is 0 Å². The number of ether oxygens (including phenoxy) is 2. The summed E-state index contributed by atoms with van der Waals surface area (Å²) in [5.41, 5.74) is 1.38. The smallest absolute Gasteiger partial charge is 0.227 e. The highest BCUT2D eigenvalue weighted by molar-refractivity contribution is 5.91. The van der Waals surface area contributed by atoms with Gasteiger partial charge in [0.05, 0.1) is 24.7 Å². The second-order valence-electron chi connectivity index (χ2n) is 7.55. The maximum Gasteiger partial charge on any atom is 0.227 e. The molecule has 1 amide bonds. The van der Waals surface area contributed by atoms with Gasteiger partial charge in [0.1, 0.15) is 18.2 Å². The van der Waals surface area contributed by atoms with Crippen LogP contribution in [0.25, 0.3) is 0 Å². The lowest BCUT2D eigenvalue weighted by atomic mass is 10.1. The molecule has 2 rings (SSSR count). The largest absolute Gasteiger partial charge is 0.490 e. The van der Waals surface area contributed by atoms with E-state index in [9.17, 15) is 14.3 Å². The minimum Gasteiger partial charge on any atom is -0.490 e. The van der Waals surface area contributed by atoms with E-state index >= 15 is 0 Å². The fourth-order valence-electron chi connectivity index (χ4n) is 2.53. The summed E-state index contributed by atoms with van der Waals surface area (Å²) < 4.78 is 24.2. The molecule has 0 spiro atoms. The number of aliphatic hydroxyl groups is 1. The third-order valence-corrected chi connectivity index (χ3v) is 4.07. The summed E-state index contributed by atoms with van der Waals surface area (Å²) in [6.07, 6.45) is 1.22. The van der Waals surface area contributed by atoms with Gasteiger partial charge in [-0.05, 0) is 62.2 Å². The van der Waals surface area contributed by atoms with E-state index in [4.69, 9.17) is 9.47 Å². The van der Waals surface area contributed by atoms with Crippen molar-refractivity contribution in [2.45, 2.75) is 59.4 Å². The Hall–Kier alpha value is -2.70. The van der Waals surface area contributed by atoms with Crippen molar-refractivity contribution in [1.82, 2.24) is 0 Å². The van der Waals surface area contributed by atoms with Gasteiger partial charge in [0, 0.05) is 5.69 Å². The molecule has 31 heavy (non-hydrogen) atoms. The van der Waals surface area contributed by atoms with Crippen LogP contribution in [0, 0.1) is 12.7 Å². The fourth-order valence-corrected chi connectivity index (χ4v) is 2.53. The molecule has 2 aromatic rings. The maximum absolute atomic E-state index is 13.0. The molecule has 2 aromatic carbocycles. The topological polar surface area (TPSA) is 67.8 Å². The third kappa shape index (κ3) is 10.2. The van der Waals surface area contributed by atoms with Crippen LogP contribution < -0.4 is 10.1 Å². The van der Waals surface area contributed by atoms with Crippen LogP contribution in [0.4, 0.5) is 10.1 Å². The summed E-state index contributed by atoms with van der Waals surface area (Å²) in [4.78, 5) is 12.3. The van der Waals surface area contributed by atoms with Crippen LogP contribution in [0.15, 0.2) is 55.1 Å². The number of amides is 1. The highest BCUT2D eigenvalue weighted by Gasteiger charge is 2.15. The first-order valence-electron chi connectivity index (χ1n) is 10.4. The average molecular weight is 432 g/mol. The molecule has 5 nitrogen and oxygen atoms in total. The van der Waals surface area contributed by atoms with E-state index in [0.29, 0.717) is 11.4 Å². The van der Waals surface area contributed by atoms with Gasteiger partial charge in [-0.3, -0.25) is 4.79 Å². The van der Waals surface area contributed by atoms with E-state index < -0.39 is 11.7 Å². The Balaban J connectivity index is 0.00000233. The Morgan fingerprint density at radius 3 is 2.42 bits per heavy atom. The number of hydrogen-bond donors (Lipinski definition) is 2. The number of aryl methyl sites for hydroxylation is 1. The number of hydrogen-bond acceptors (Lipinski definition) is 4. The Labute approximate surface area is 184 Å². The lowest BCUT2D eigenvalue weighted by molar-refractivity contribution is -0.118. The van der Waals surface area contributed by atoms with Crippen LogP contribution >= 0.6 is 0 Å². The number of anilines is 1. The lowest BCUT2D eigenvalue weighted by Gasteiger charge is -2.19. The van der Waals surface area contributed by atoms with Crippen molar-refractivity contribution in [3.8, 4) is 5.75 Å². The Morgan fingerprint density at radius 1 is 1.23 bits per heavy atom. The van der Waals surface area contributed by atoms with Crippen molar-refractivity contribution in [2.24, 2.45) is 0 Å². The molecule has 0 saturated heterocycles. The normalized spacial score (nSPS) is 11.7. The Bertz CT molecular complexity index is 828. The lowest BCUT2D eigenvalue weighted by Crippen LogP contribution is -2.28. The predicted molar refractivity (Wildman–Crippen MR) is 123 cm³/mol. The number of carbonyl (C=O) groups is 1. The van der Waals surface area contributed by atoms with Crippen molar-refractivity contribution in [3.63, 3.8) is 0 Å². The maximum atomic E-state index is 13.0. The second-order valence-corrected chi connectivity index (χ2v) is 7.55. The van der Waals surface area contributed by atoms with Crippen molar-refractivity contribution in [2.75, 3.05) is 11.9 Å².